The van der Waals surface area contributed by atoms with Gasteiger partial charge in [0.2, 0.25) is 21.8 Å². The predicted octanol–water partition coefficient (Wildman–Crippen LogP) is 1.63. The fraction of sp³-hybridized carbons (Fsp3) is 0.381. The molecule has 0 radical (unpaired) electrons. The summed E-state index contributed by atoms with van der Waals surface area (Å²) < 4.78 is 33.9. The lowest BCUT2D eigenvalue weighted by atomic mass is 10.00. The van der Waals surface area contributed by atoms with Crippen molar-refractivity contribution in [1.29, 1.82) is 5.26 Å². The number of rotatable bonds is 4. The zero-order valence-corrected chi connectivity index (χ0v) is 17.1. The number of carbonyl (C=O) groups is 1. The summed E-state index contributed by atoms with van der Waals surface area (Å²) in [4.78, 5) is 18.3. The van der Waals surface area contributed by atoms with Crippen molar-refractivity contribution < 1.29 is 17.9 Å². The van der Waals surface area contributed by atoms with Gasteiger partial charge in [-0.15, -0.1) is 0 Å². The van der Waals surface area contributed by atoms with Crippen LogP contribution in [0.25, 0.3) is 0 Å². The molecule has 30 heavy (non-hydrogen) atoms. The monoisotopic (exact) mass is 424 g/mol. The summed E-state index contributed by atoms with van der Waals surface area (Å²) in [5, 5.41) is 9.00. The summed E-state index contributed by atoms with van der Waals surface area (Å²) >= 11 is 0. The zero-order valence-electron chi connectivity index (χ0n) is 16.2. The zero-order chi connectivity index (χ0) is 20.9. The molecule has 0 N–H and O–H groups in total. The Hall–Kier alpha value is -2.96. The molecule has 3 aliphatic heterocycles. The van der Waals surface area contributed by atoms with Crippen LogP contribution in [0.3, 0.4) is 0 Å². The van der Waals surface area contributed by atoms with Gasteiger partial charge in [-0.3, -0.25) is 4.79 Å². The van der Waals surface area contributed by atoms with Crippen LogP contribution in [-0.4, -0.2) is 49.4 Å². The Morgan fingerprint density at radius 2 is 1.93 bits per heavy atom. The number of aryl methyl sites for hydroxylation is 1. The molecule has 0 saturated carbocycles. The van der Waals surface area contributed by atoms with Crippen molar-refractivity contribution in [3.05, 3.63) is 47.2 Å². The van der Waals surface area contributed by atoms with E-state index >= 15 is 0 Å². The van der Waals surface area contributed by atoms with Crippen molar-refractivity contribution in [1.82, 2.24) is 9.29 Å². The van der Waals surface area contributed by atoms with Crippen LogP contribution in [0.4, 0.5) is 5.69 Å². The third-order valence-electron chi connectivity index (χ3n) is 5.92. The minimum absolute atomic E-state index is 0.116. The number of benzene rings is 1. The van der Waals surface area contributed by atoms with Gasteiger partial charge in [0, 0.05) is 31.8 Å². The molecule has 1 unspecified atom stereocenters. The van der Waals surface area contributed by atoms with Crippen LogP contribution in [0.5, 0.6) is 5.88 Å². The summed E-state index contributed by atoms with van der Waals surface area (Å²) in [6.45, 7) is 1.22. The van der Waals surface area contributed by atoms with Gasteiger partial charge in [0.05, 0.1) is 28.8 Å². The molecule has 0 spiro atoms. The van der Waals surface area contributed by atoms with Gasteiger partial charge in [0.1, 0.15) is 6.10 Å². The largest absolute Gasteiger partial charge is 0.473 e. The molecule has 9 heteroatoms. The van der Waals surface area contributed by atoms with Crippen LogP contribution in [0, 0.1) is 11.3 Å². The second kappa shape index (κ2) is 7.07. The Morgan fingerprint density at radius 1 is 1.13 bits per heavy atom. The lowest BCUT2D eigenvalue weighted by Crippen LogP contribution is -2.33. The molecule has 1 fully saturated rings. The maximum atomic E-state index is 13.3. The Morgan fingerprint density at radius 3 is 2.73 bits per heavy atom. The molecule has 3 aliphatic rings. The number of hydrogen-bond donors (Lipinski definition) is 0. The van der Waals surface area contributed by atoms with E-state index in [1.165, 1.54) is 10.5 Å². The van der Waals surface area contributed by atoms with E-state index in [0.29, 0.717) is 50.2 Å². The van der Waals surface area contributed by atoms with Gasteiger partial charge in [-0.25, -0.2) is 13.4 Å². The third kappa shape index (κ3) is 3.13. The number of sulfonamides is 1. The number of anilines is 1. The summed E-state index contributed by atoms with van der Waals surface area (Å²) in [6.07, 6.45) is 3.42. The first kappa shape index (κ1) is 19.0. The molecule has 1 saturated heterocycles. The average Bonchev–Trinajstić information content (AvgIpc) is 3.39. The molecular formula is C21H20N4O4S. The van der Waals surface area contributed by atoms with E-state index in [9.17, 15) is 13.2 Å². The molecular weight excluding hydrogens is 404 g/mol. The van der Waals surface area contributed by atoms with Crippen molar-refractivity contribution in [3.63, 3.8) is 0 Å². The number of nitriles is 1. The van der Waals surface area contributed by atoms with Crippen LogP contribution in [0.2, 0.25) is 0 Å². The van der Waals surface area contributed by atoms with Gasteiger partial charge in [-0.1, -0.05) is 0 Å². The first-order valence-corrected chi connectivity index (χ1v) is 11.4. The molecule has 4 heterocycles. The van der Waals surface area contributed by atoms with Crippen LogP contribution in [-0.2, 0) is 27.7 Å². The minimum atomic E-state index is -3.66. The number of ether oxygens (including phenoxy) is 1. The molecule has 0 aliphatic carbocycles. The lowest BCUT2D eigenvalue weighted by Gasteiger charge is -2.26. The molecule has 1 amide bonds. The first-order chi connectivity index (χ1) is 14.5. The van der Waals surface area contributed by atoms with E-state index in [1.807, 2.05) is 6.07 Å². The van der Waals surface area contributed by atoms with Gasteiger partial charge < -0.3 is 9.64 Å². The molecule has 2 aromatic rings. The van der Waals surface area contributed by atoms with E-state index in [2.05, 4.69) is 4.98 Å². The summed E-state index contributed by atoms with van der Waals surface area (Å²) in [5.41, 5.74) is 3.23. The average molecular weight is 424 g/mol. The van der Waals surface area contributed by atoms with Crippen LogP contribution in [0.15, 0.2) is 35.4 Å². The van der Waals surface area contributed by atoms with E-state index in [0.717, 1.165) is 16.8 Å². The number of aromatic nitrogens is 1. The van der Waals surface area contributed by atoms with E-state index in [4.69, 9.17) is 10.00 Å². The number of pyridine rings is 1. The molecule has 5 rings (SSSR count). The summed E-state index contributed by atoms with van der Waals surface area (Å²) in [6, 6.07) is 8.63. The Bertz CT molecular complexity index is 1190. The maximum Gasteiger partial charge on any atom is 0.243 e. The highest BCUT2D eigenvalue weighted by atomic mass is 32.2. The van der Waals surface area contributed by atoms with Crippen molar-refractivity contribution >= 4 is 21.6 Å². The van der Waals surface area contributed by atoms with Gasteiger partial charge in [-0.2, -0.15) is 9.57 Å². The van der Waals surface area contributed by atoms with E-state index in [1.54, 1.807) is 29.2 Å². The first-order valence-electron chi connectivity index (χ1n) is 9.95. The molecule has 1 aromatic carbocycles. The van der Waals surface area contributed by atoms with Crippen LogP contribution < -0.4 is 9.64 Å². The quantitative estimate of drug-likeness (QED) is 0.739. The molecule has 1 atom stereocenters. The van der Waals surface area contributed by atoms with Crippen molar-refractivity contribution in [2.24, 2.45) is 0 Å². The third-order valence-corrected chi connectivity index (χ3v) is 7.77. The number of carbonyl (C=O) groups excluding carboxylic acids is 1. The second-order valence-electron chi connectivity index (χ2n) is 7.77. The smallest absolute Gasteiger partial charge is 0.243 e. The second-order valence-corrected chi connectivity index (χ2v) is 9.71. The lowest BCUT2D eigenvalue weighted by molar-refractivity contribution is -0.118. The normalized spacial score (nSPS) is 20.8. The van der Waals surface area contributed by atoms with Crippen molar-refractivity contribution in [2.45, 2.75) is 36.7 Å². The molecule has 1 aromatic heterocycles. The van der Waals surface area contributed by atoms with Gasteiger partial charge >= 0.3 is 0 Å². The highest BCUT2D eigenvalue weighted by molar-refractivity contribution is 7.89. The Kier molecular flexibility index (Phi) is 4.49. The summed E-state index contributed by atoms with van der Waals surface area (Å²) in [5.74, 6) is 0.440. The van der Waals surface area contributed by atoms with E-state index < -0.39 is 10.0 Å². The standard InChI is InChI=1S/C21H20N4O4S/c22-12-14-3-6-23-19(9-14)29-17-5-7-24(13-17)30(27,28)18-10-15-1-2-20(26)25-8-4-16(11-18)21(15)25/h3,6,9-11,17H,1-2,4-5,7-8,13H2. The van der Waals surface area contributed by atoms with Crippen molar-refractivity contribution in [3.8, 4) is 11.9 Å². The topological polar surface area (TPSA) is 104 Å². The highest BCUT2D eigenvalue weighted by Gasteiger charge is 2.37. The summed E-state index contributed by atoms with van der Waals surface area (Å²) in [7, 11) is -3.66. The molecule has 8 nitrogen and oxygen atoms in total. The highest BCUT2D eigenvalue weighted by Crippen LogP contribution is 2.39. The predicted molar refractivity (Wildman–Crippen MR) is 108 cm³/mol. The van der Waals surface area contributed by atoms with Crippen molar-refractivity contribution in [2.75, 3.05) is 24.5 Å². The van der Waals surface area contributed by atoms with Crippen LogP contribution >= 0.6 is 0 Å². The van der Waals surface area contributed by atoms with Gasteiger partial charge in [-0.05, 0) is 48.6 Å². The number of nitrogens with zero attached hydrogens (tertiary/aromatic N) is 4. The Balaban J connectivity index is 1.36. The van der Waals surface area contributed by atoms with Gasteiger partial charge in [0.25, 0.3) is 0 Å². The maximum absolute atomic E-state index is 13.3. The fourth-order valence-electron chi connectivity index (χ4n) is 4.45. The Labute approximate surface area is 174 Å². The number of amides is 1. The fourth-order valence-corrected chi connectivity index (χ4v) is 6.04. The molecule has 0 bridgehead atoms. The SMILES string of the molecule is N#Cc1ccnc(OC2CCN(S(=O)(=O)c3cc4c5c(c3)CCN5C(=O)CC4)C2)c1. The molecule has 154 valence electrons. The minimum Gasteiger partial charge on any atom is -0.473 e. The van der Waals surface area contributed by atoms with Crippen LogP contribution in [0.1, 0.15) is 29.5 Å². The van der Waals surface area contributed by atoms with Gasteiger partial charge in [0.15, 0.2) is 0 Å². The van der Waals surface area contributed by atoms with E-state index in [-0.39, 0.29) is 23.5 Å². The number of hydrogen-bond acceptors (Lipinski definition) is 6.